The fraction of sp³-hybridized carbons (Fsp3) is 0.316. The van der Waals surface area contributed by atoms with Gasteiger partial charge in [0.15, 0.2) is 11.6 Å². The largest absolute Gasteiger partial charge is 0.454 e. The van der Waals surface area contributed by atoms with Gasteiger partial charge in [0.25, 0.3) is 0 Å². The average molecular weight is 315 g/mol. The second-order valence-electron chi connectivity index (χ2n) is 5.57. The molecule has 0 fully saturated rings. The Labute approximate surface area is 136 Å². The van der Waals surface area contributed by atoms with Gasteiger partial charge in [-0.15, -0.1) is 0 Å². The maximum absolute atomic E-state index is 13.9. The summed E-state index contributed by atoms with van der Waals surface area (Å²) >= 11 is 0. The standard InChI is InChI=1S/C19H22FNO2/c1-2-3-4-5-6-14-7-10-16(11-8-14)23-18-12-9-15(19(21)22)13-17(18)20/h7-13H,2-6H2,1H3,(H2,21,22). The Bertz CT molecular complexity index is 653. The van der Waals surface area contributed by atoms with E-state index in [1.165, 1.54) is 43.4 Å². The zero-order valence-electron chi connectivity index (χ0n) is 13.3. The highest BCUT2D eigenvalue weighted by Crippen LogP contribution is 2.25. The number of hydrogen-bond donors (Lipinski definition) is 1. The molecule has 2 aromatic carbocycles. The van der Waals surface area contributed by atoms with E-state index in [0.717, 1.165) is 12.5 Å². The zero-order valence-corrected chi connectivity index (χ0v) is 13.3. The third-order valence-corrected chi connectivity index (χ3v) is 3.69. The van der Waals surface area contributed by atoms with Gasteiger partial charge in [0.2, 0.25) is 5.91 Å². The first-order valence-electron chi connectivity index (χ1n) is 7.96. The lowest BCUT2D eigenvalue weighted by Gasteiger charge is -2.08. The van der Waals surface area contributed by atoms with Crippen molar-refractivity contribution in [2.24, 2.45) is 5.73 Å². The van der Waals surface area contributed by atoms with Crippen molar-refractivity contribution in [1.29, 1.82) is 0 Å². The monoisotopic (exact) mass is 315 g/mol. The molecule has 0 aliphatic heterocycles. The van der Waals surface area contributed by atoms with Crippen molar-refractivity contribution in [1.82, 2.24) is 0 Å². The molecule has 1 amide bonds. The Kier molecular flexibility index (Phi) is 6.15. The molecule has 0 saturated heterocycles. The minimum atomic E-state index is -0.664. The topological polar surface area (TPSA) is 52.3 Å². The average Bonchev–Trinajstić information content (AvgIpc) is 2.55. The van der Waals surface area contributed by atoms with Crippen molar-refractivity contribution in [3.05, 3.63) is 59.4 Å². The summed E-state index contributed by atoms with van der Waals surface area (Å²) < 4.78 is 19.4. The van der Waals surface area contributed by atoms with Crippen LogP contribution >= 0.6 is 0 Å². The van der Waals surface area contributed by atoms with Crippen LogP contribution in [0.2, 0.25) is 0 Å². The van der Waals surface area contributed by atoms with Crippen LogP contribution in [0.15, 0.2) is 42.5 Å². The first kappa shape index (κ1) is 17.0. The van der Waals surface area contributed by atoms with Crippen molar-refractivity contribution in [3.63, 3.8) is 0 Å². The molecular formula is C19H22FNO2. The number of hydrogen-bond acceptors (Lipinski definition) is 2. The second kappa shape index (κ2) is 8.32. The molecule has 0 atom stereocenters. The summed E-state index contributed by atoms with van der Waals surface area (Å²) in [6.07, 6.45) is 5.96. The van der Waals surface area contributed by atoms with Gasteiger partial charge in [-0.25, -0.2) is 4.39 Å². The third-order valence-electron chi connectivity index (χ3n) is 3.69. The number of unbranched alkanes of at least 4 members (excludes halogenated alkanes) is 3. The van der Waals surface area contributed by atoms with Crippen LogP contribution in [0.1, 0.15) is 48.5 Å². The molecule has 2 aromatic rings. The van der Waals surface area contributed by atoms with Crippen LogP contribution in [-0.2, 0) is 6.42 Å². The number of aryl methyl sites for hydroxylation is 1. The molecule has 3 nitrogen and oxygen atoms in total. The van der Waals surface area contributed by atoms with Gasteiger partial charge in [-0.2, -0.15) is 0 Å². The van der Waals surface area contributed by atoms with E-state index in [1.807, 2.05) is 24.3 Å². The summed E-state index contributed by atoms with van der Waals surface area (Å²) in [5.74, 6) is -0.633. The molecule has 0 radical (unpaired) electrons. The number of primary amides is 1. The summed E-state index contributed by atoms with van der Waals surface area (Å²) in [5.41, 5.74) is 6.48. The van der Waals surface area contributed by atoms with Gasteiger partial charge >= 0.3 is 0 Å². The lowest BCUT2D eigenvalue weighted by atomic mass is 10.1. The number of ether oxygens (including phenoxy) is 1. The highest BCUT2D eigenvalue weighted by Gasteiger charge is 2.09. The highest BCUT2D eigenvalue weighted by molar-refractivity contribution is 5.92. The smallest absolute Gasteiger partial charge is 0.248 e. The van der Waals surface area contributed by atoms with Crippen LogP contribution in [0.4, 0.5) is 4.39 Å². The SMILES string of the molecule is CCCCCCc1ccc(Oc2ccc(C(N)=O)cc2F)cc1. The van der Waals surface area contributed by atoms with Gasteiger partial charge in [0, 0.05) is 5.56 Å². The summed E-state index contributed by atoms with van der Waals surface area (Å²) in [6, 6.07) is 11.6. The molecule has 0 aliphatic carbocycles. The predicted octanol–water partition coefficient (Wildman–Crippen LogP) is 4.84. The van der Waals surface area contributed by atoms with Crippen LogP contribution < -0.4 is 10.5 Å². The third kappa shape index (κ3) is 5.09. The molecule has 0 aliphatic rings. The Morgan fingerprint density at radius 2 is 1.83 bits per heavy atom. The van der Waals surface area contributed by atoms with E-state index in [-0.39, 0.29) is 11.3 Å². The van der Waals surface area contributed by atoms with Crippen LogP contribution in [0.3, 0.4) is 0 Å². The molecular weight excluding hydrogens is 293 g/mol. The van der Waals surface area contributed by atoms with E-state index in [1.54, 1.807) is 0 Å². The molecule has 122 valence electrons. The van der Waals surface area contributed by atoms with Gasteiger partial charge in [-0.3, -0.25) is 4.79 Å². The van der Waals surface area contributed by atoms with Gasteiger partial charge in [0.05, 0.1) is 0 Å². The van der Waals surface area contributed by atoms with Crippen molar-refractivity contribution >= 4 is 5.91 Å². The van der Waals surface area contributed by atoms with E-state index in [9.17, 15) is 9.18 Å². The van der Waals surface area contributed by atoms with Crippen molar-refractivity contribution in [3.8, 4) is 11.5 Å². The molecule has 0 spiro atoms. The molecule has 2 rings (SSSR count). The molecule has 0 unspecified atom stereocenters. The number of halogens is 1. The Morgan fingerprint density at radius 3 is 2.43 bits per heavy atom. The number of carbonyl (C=O) groups is 1. The first-order valence-corrected chi connectivity index (χ1v) is 7.96. The molecule has 2 N–H and O–H groups in total. The molecule has 0 heterocycles. The van der Waals surface area contributed by atoms with E-state index in [2.05, 4.69) is 6.92 Å². The van der Waals surface area contributed by atoms with Gasteiger partial charge < -0.3 is 10.5 Å². The summed E-state index contributed by atoms with van der Waals surface area (Å²) in [5, 5.41) is 0. The van der Waals surface area contributed by atoms with Crippen LogP contribution in [0.25, 0.3) is 0 Å². The Balaban J connectivity index is 1.97. The number of carbonyl (C=O) groups excluding carboxylic acids is 1. The van der Waals surface area contributed by atoms with Crippen LogP contribution in [-0.4, -0.2) is 5.91 Å². The lowest BCUT2D eigenvalue weighted by molar-refractivity contribution is 0.1000. The van der Waals surface area contributed by atoms with Crippen molar-refractivity contribution in [2.75, 3.05) is 0 Å². The number of nitrogens with two attached hydrogens (primary N) is 1. The van der Waals surface area contributed by atoms with Crippen LogP contribution in [0.5, 0.6) is 11.5 Å². The molecule has 4 heteroatoms. The normalized spacial score (nSPS) is 10.5. The van der Waals surface area contributed by atoms with E-state index >= 15 is 0 Å². The fourth-order valence-corrected chi connectivity index (χ4v) is 2.34. The maximum atomic E-state index is 13.9. The molecule has 23 heavy (non-hydrogen) atoms. The number of rotatable bonds is 8. The summed E-state index contributed by atoms with van der Waals surface area (Å²) in [6.45, 7) is 2.20. The summed E-state index contributed by atoms with van der Waals surface area (Å²) in [4.78, 5) is 11.0. The van der Waals surface area contributed by atoms with E-state index in [0.29, 0.717) is 5.75 Å². The minimum Gasteiger partial charge on any atom is -0.454 e. The second-order valence-corrected chi connectivity index (χ2v) is 5.57. The molecule has 0 aromatic heterocycles. The van der Waals surface area contributed by atoms with Gasteiger partial charge in [-0.1, -0.05) is 38.3 Å². The lowest BCUT2D eigenvalue weighted by Crippen LogP contribution is -2.11. The summed E-state index contributed by atoms with van der Waals surface area (Å²) in [7, 11) is 0. The predicted molar refractivity (Wildman–Crippen MR) is 89.3 cm³/mol. The van der Waals surface area contributed by atoms with E-state index < -0.39 is 11.7 Å². The number of amides is 1. The van der Waals surface area contributed by atoms with Gasteiger partial charge in [-0.05, 0) is 48.7 Å². The first-order chi connectivity index (χ1) is 11.1. The minimum absolute atomic E-state index is 0.0747. The number of benzene rings is 2. The fourth-order valence-electron chi connectivity index (χ4n) is 2.34. The van der Waals surface area contributed by atoms with Gasteiger partial charge in [0.1, 0.15) is 5.75 Å². The van der Waals surface area contributed by atoms with Crippen molar-refractivity contribution in [2.45, 2.75) is 39.0 Å². The Hall–Kier alpha value is -2.36. The Morgan fingerprint density at radius 1 is 1.09 bits per heavy atom. The zero-order chi connectivity index (χ0) is 16.7. The van der Waals surface area contributed by atoms with Crippen LogP contribution in [0, 0.1) is 5.82 Å². The quantitative estimate of drug-likeness (QED) is 0.709. The maximum Gasteiger partial charge on any atom is 0.248 e. The molecule has 0 bridgehead atoms. The van der Waals surface area contributed by atoms with E-state index in [4.69, 9.17) is 10.5 Å². The highest BCUT2D eigenvalue weighted by atomic mass is 19.1. The molecule has 0 saturated carbocycles. The van der Waals surface area contributed by atoms with Crippen molar-refractivity contribution < 1.29 is 13.9 Å².